The van der Waals surface area contributed by atoms with Crippen molar-refractivity contribution in [3.8, 4) is 5.75 Å². The fourth-order valence-electron chi connectivity index (χ4n) is 1.77. The van der Waals surface area contributed by atoms with Crippen molar-refractivity contribution < 1.29 is 18.3 Å². The Hall–Kier alpha value is -1.11. The highest BCUT2D eigenvalue weighted by molar-refractivity contribution is 7.89. The van der Waals surface area contributed by atoms with Gasteiger partial charge >= 0.3 is 0 Å². The van der Waals surface area contributed by atoms with Gasteiger partial charge in [0.25, 0.3) is 0 Å². The van der Waals surface area contributed by atoms with Gasteiger partial charge < -0.3 is 9.84 Å². The van der Waals surface area contributed by atoms with Crippen LogP contribution >= 0.6 is 0 Å². The predicted octanol–water partition coefficient (Wildman–Crippen LogP) is 2.16. The zero-order valence-corrected chi connectivity index (χ0v) is 13.5. The zero-order chi connectivity index (χ0) is 15.7. The van der Waals surface area contributed by atoms with Crippen LogP contribution in [-0.2, 0) is 10.0 Å². The third-order valence-corrected chi connectivity index (χ3v) is 4.56. The summed E-state index contributed by atoms with van der Waals surface area (Å²) in [5.41, 5.74) is 0. The van der Waals surface area contributed by atoms with Gasteiger partial charge in [-0.15, -0.1) is 0 Å². The van der Waals surface area contributed by atoms with Gasteiger partial charge in [0.15, 0.2) is 0 Å². The second-order valence-electron chi connectivity index (χ2n) is 5.15. The largest absolute Gasteiger partial charge is 0.494 e. The first-order valence-electron chi connectivity index (χ1n) is 7.33. The van der Waals surface area contributed by atoms with E-state index in [0.717, 1.165) is 12.8 Å². The normalized spacial score (nSPS) is 13.1. The minimum absolute atomic E-state index is 0.131. The molecule has 2 N–H and O–H groups in total. The van der Waals surface area contributed by atoms with E-state index in [1.807, 2.05) is 13.8 Å². The van der Waals surface area contributed by atoms with Crippen LogP contribution in [0.1, 0.15) is 33.1 Å². The molecule has 0 aliphatic rings. The predicted molar refractivity (Wildman–Crippen MR) is 82.9 cm³/mol. The second kappa shape index (κ2) is 9.02. The molecule has 0 saturated carbocycles. The van der Waals surface area contributed by atoms with Gasteiger partial charge in [0.2, 0.25) is 10.0 Å². The smallest absolute Gasteiger partial charge is 0.240 e. The first kappa shape index (κ1) is 17.9. The maximum absolute atomic E-state index is 12.1. The number of hydrogen-bond acceptors (Lipinski definition) is 4. The Morgan fingerprint density at radius 2 is 1.95 bits per heavy atom. The summed E-state index contributed by atoms with van der Waals surface area (Å²) in [6.07, 6.45) is 2.41. The zero-order valence-electron chi connectivity index (χ0n) is 12.7. The fourth-order valence-corrected chi connectivity index (χ4v) is 2.84. The quantitative estimate of drug-likeness (QED) is 0.649. The molecule has 1 aromatic rings. The van der Waals surface area contributed by atoms with E-state index in [1.54, 1.807) is 24.3 Å². The lowest BCUT2D eigenvalue weighted by Crippen LogP contribution is -2.25. The summed E-state index contributed by atoms with van der Waals surface area (Å²) < 4.78 is 32.1. The van der Waals surface area contributed by atoms with Gasteiger partial charge in [-0.2, -0.15) is 0 Å². The molecular formula is C15H25NO4S. The molecule has 0 saturated heterocycles. The van der Waals surface area contributed by atoms with Gasteiger partial charge in [-0.1, -0.05) is 13.8 Å². The van der Waals surface area contributed by atoms with Gasteiger partial charge in [-0.05, 0) is 49.4 Å². The minimum atomic E-state index is -3.47. The second-order valence-corrected chi connectivity index (χ2v) is 6.91. The van der Waals surface area contributed by atoms with E-state index in [4.69, 9.17) is 9.84 Å². The number of benzene rings is 1. The lowest BCUT2D eigenvalue weighted by molar-refractivity contribution is 0.228. The van der Waals surface area contributed by atoms with E-state index in [1.165, 1.54) is 0 Å². The lowest BCUT2D eigenvalue weighted by Gasteiger charge is -2.10. The number of ether oxygens (including phenoxy) is 1. The highest BCUT2D eigenvalue weighted by atomic mass is 32.2. The molecule has 0 radical (unpaired) electrons. The monoisotopic (exact) mass is 315 g/mol. The fraction of sp³-hybridized carbons (Fsp3) is 0.600. The molecule has 5 nitrogen and oxygen atoms in total. The van der Waals surface area contributed by atoms with Crippen molar-refractivity contribution in [3.63, 3.8) is 0 Å². The standard InChI is InChI=1S/C15H25NO4S/c1-3-11-20-14-6-8-15(9-7-14)21(18,19)16-10-4-5-13(2)12-17/h6-9,13,16-17H,3-5,10-12H2,1-2H3. The minimum Gasteiger partial charge on any atom is -0.494 e. The molecule has 0 bridgehead atoms. The van der Waals surface area contributed by atoms with Crippen molar-refractivity contribution in [3.05, 3.63) is 24.3 Å². The Balaban J connectivity index is 2.50. The molecule has 21 heavy (non-hydrogen) atoms. The summed E-state index contributed by atoms with van der Waals surface area (Å²) in [6, 6.07) is 6.42. The molecule has 0 heterocycles. The maximum Gasteiger partial charge on any atom is 0.240 e. The molecule has 0 fully saturated rings. The van der Waals surface area contributed by atoms with Crippen molar-refractivity contribution >= 4 is 10.0 Å². The van der Waals surface area contributed by atoms with Crippen LogP contribution in [0.15, 0.2) is 29.2 Å². The molecule has 0 aromatic heterocycles. The van der Waals surface area contributed by atoms with Crippen molar-refractivity contribution in [1.29, 1.82) is 0 Å². The third kappa shape index (κ3) is 6.46. The Morgan fingerprint density at radius 1 is 1.29 bits per heavy atom. The van der Waals surface area contributed by atoms with Crippen molar-refractivity contribution in [2.75, 3.05) is 19.8 Å². The summed E-state index contributed by atoms with van der Waals surface area (Å²) in [4.78, 5) is 0.238. The van der Waals surface area contributed by atoms with Crippen LogP contribution in [0, 0.1) is 5.92 Å². The van der Waals surface area contributed by atoms with E-state index in [0.29, 0.717) is 25.3 Å². The number of aliphatic hydroxyl groups is 1. The first-order chi connectivity index (χ1) is 9.99. The van der Waals surface area contributed by atoms with Crippen LogP contribution in [-0.4, -0.2) is 33.3 Å². The molecule has 1 unspecified atom stereocenters. The van der Waals surface area contributed by atoms with Crippen LogP contribution in [0.3, 0.4) is 0 Å². The van der Waals surface area contributed by atoms with E-state index in [-0.39, 0.29) is 17.4 Å². The van der Waals surface area contributed by atoms with Crippen LogP contribution < -0.4 is 9.46 Å². The summed E-state index contributed by atoms with van der Waals surface area (Å²) in [5, 5.41) is 8.91. The van der Waals surface area contributed by atoms with E-state index in [9.17, 15) is 8.42 Å². The SMILES string of the molecule is CCCOc1ccc(S(=O)(=O)NCCCC(C)CO)cc1. The molecule has 6 heteroatoms. The Labute approximate surface area is 127 Å². The van der Waals surface area contributed by atoms with E-state index >= 15 is 0 Å². The molecule has 0 amide bonds. The summed E-state index contributed by atoms with van der Waals surface area (Å²) in [6.45, 7) is 5.07. The molecule has 120 valence electrons. The highest BCUT2D eigenvalue weighted by Crippen LogP contribution is 2.16. The average Bonchev–Trinajstić information content (AvgIpc) is 2.49. The third-order valence-electron chi connectivity index (χ3n) is 3.08. The number of rotatable bonds is 10. The van der Waals surface area contributed by atoms with Gasteiger partial charge in [0.05, 0.1) is 11.5 Å². The summed E-state index contributed by atoms with van der Waals surface area (Å²) >= 11 is 0. The van der Waals surface area contributed by atoms with Crippen LogP contribution in [0.2, 0.25) is 0 Å². The van der Waals surface area contributed by atoms with E-state index in [2.05, 4.69) is 4.72 Å². The van der Waals surface area contributed by atoms with Crippen LogP contribution in [0.4, 0.5) is 0 Å². The molecule has 1 atom stereocenters. The Bertz CT molecular complexity index is 499. The van der Waals surface area contributed by atoms with E-state index < -0.39 is 10.0 Å². The van der Waals surface area contributed by atoms with Crippen molar-refractivity contribution in [1.82, 2.24) is 4.72 Å². The number of hydrogen-bond donors (Lipinski definition) is 2. The van der Waals surface area contributed by atoms with Crippen LogP contribution in [0.5, 0.6) is 5.75 Å². The highest BCUT2D eigenvalue weighted by Gasteiger charge is 2.13. The van der Waals surface area contributed by atoms with Crippen molar-refractivity contribution in [2.45, 2.75) is 38.0 Å². The molecule has 1 rings (SSSR count). The van der Waals surface area contributed by atoms with Gasteiger partial charge in [-0.25, -0.2) is 13.1 Å². The molecular weight excluding hydrogens is 290 g/mol. The first-order valence-corrected chi connectivity index (χ1v) is 8.81. The van der Waals surface area contributed by atoms with Crippen LogP contribution in [0.25, 0.3) is 0 Å². The molecule has 1 aromatic carbocycles. The number of sulfonamides is 1. The average molecular weight is 315 g/mol. The topological polar surface area (TPSA) is 75.6 Å². The number of nitrogens with one attached hydrogen (secondary N) is 1. The van der Waals surface area contributed by atoms with Gasteiger partial charge in [0.1, 0.15) is 5.75 Å². The molecule has 0 aliphatic heterocycles. The molecule has 0 spiro atoms. The van der Waals surface area contributed by atoms with Crippen molar-refractivity contribution in [2.24, 2.45) is 5.92 Å². The Morgan fingerprint density at radius 3 is 2.52 bits per heavy atom. The molecule has 0 aliphatic carbocycles. The van der Waals surface area contributed by atoms with Gasteiger partial charge in [-0.3, -0.25) is 0 Å². The van der Waals surface area contributed by atoms with Gasteiger partial charge in [0, 0.05) is 13.2 Å². The Kier molecular flexibility index (Phi) is 7.71. The number of aliphatic hydroxyl groups excluding tert-OH is 1. The maximum atomic E-state index is 12.1. The lowest BCUT2D eigenvalue weighted by atomic mass is 10.1. The summed E-state index contributed by atoms with van der Waals surface area (Å²) in [5.74, 6) is 0.872. The summed E-state index contributed by atoms with van der Waals surface area (Å²) in [7, 11) is -3.47.